The maximum Gasteiger partial charge on any atom is 0.254 e. The molecule has 2 aliphatic rings. The Labute approximate surface area is 167 Å². The second kappa shape index (κ2) is 8.62. The van der Waals surface area contributed by atoms with E-state index in [0.29, 0.717) is 25.2 Å². The molecule has 1 saturated heterocycles. The molecule has 0 spiro atoms. The molecule has 4 unspecified atom stereocenters. The Morgan fingerprint density at radius 2 is 1.82 bits per heavy atom. The average molecular weight is 388 g/mol. The molecule has 6 nitrogen and oxygen atoms in total. The van der Waals surface area contributed by atoms with Crippen LogP contribution in [0.2, 0.25) is 0 Å². The topological polar surface area (TPSA) is 84.7 Å². The van der Waals surface area contributed by atoms with Gasteiger partial charge in [0.05, 0.1) is 18.1 Å². The third-order valence-electron chi connectivity index (χ3n) is 5.95. The highest BCUT2D eigenvalue weighted by Gasteiger charge is 2.37. The minimum atomic E-state index is -0.426. The molecule has 0 bridgehead atoms. The zero-order valence-corrected chi connectivity index (χ0v) is 17.2. The number of hydrogen-bond donors (Lipinski definition) is 2. The largest absolute Gasteiger partial charge is 0.372 e. The fraction of sp³-hybridized carbons (Fsp3) is 0.636. The number of carbonyl (C=O) groups excluding carboxylic acids is 2. The van der Waals surface area contributed by atoms with Crippen LogP contribution in [0.3, 0.4) is 0 Å². The highest BCUT2D eigenvalue weighted by Crippen LogP contribution is 2.31. The normalized spacial score (nSPS) is 30.7. The van der Waals surface area contributed by atoms with E-state index in [9.17, 15) is 9.59 Å². The number of carbonyl (C=O) groups is 2. The number of nitrogens with two attached hydrogens (primary N) is 1. The summed E-state index contributed by atoms with van der Waals surface area (Å²) in [4.78, 5) is 27.1. The molecule has 0 radical (unpaired) electrons. The number of rotatable bonds is 4. The molecule has 1 saturated carbocycles. The first-order valence-electron chi connectivity index (χ1n) is 10.4. The van der Waals surface area contributed by atoms with Crippen molar-refractivity contribution in [1.29, 1.82) is 0 Å². The van der Waals surface area contributed by atoms with Crippen molar-refractivity contribution < 1.29 is 14.3 Å². The first-order valence-corrected chi connectivity index (χ1v) is 10.4. The molecule has 4 atom stereocenters. The Kier molecular flexibility index (Phi) is 6.40. The highest BCUT2D eigenvalue weighted by atomic mass is 16.5. The second-order valence-corrected chi connectivity index (χ2v) is 8.69. The van der Waals surface area contributed by atoms with Crippen molar-refractivity contribution in [3.8, 4) is 0 Å². The Morgan fingerprint density at radius 3 is 2.43 bits per heavy atom. The van der Waals surface area contributed by atoms with Crippen molar-refractivity contribution >= 4 is 11.8 Å². The molecule has 154 valence electrons. The fourth-order valence-corrected chi connectivity index (χ4v) is 4.39. The van der Waals surface area contributed by atoms with Crippen LogP contribution in [0, 0.1) is 5.92 Å². The minimum absolute atomic E-state index is 0.0266. The molecule has 3 N–H and O–H groups in total. The van der Waals surface area contributed by atoms with Crippen LogP contribution in [0.4, 0.5) is 0 Å². The van der Waals surface area contributed by atoms with Gasteiger partial charge in [-0.15, -0.1) is 0 Å². The van der Waals surface area contributed by atoms with Crippen LogP contribution in [0.25, 0.3) is 0 Å². The predicted octanol–water partition coefficient (Wildman–Crippen LogP) is 2.46. The molecule has 1 aliphatic heterocycles. The van der Waals surface area contributed by atoms with Gasteiger partial charge in [-0.2, -0.15) is 0 Å². The highest BCUT2D eigenvalue weighted by molar-refractivity contribution is 5.94. The van der Waals surface area contributed by atoms with Gasteiger partial charge in [0.1, 0.15) is 0 Å². The molecule has 2 fully saturated rings. The molecular formula is C22H33N3O3. The number of nitrogens with zero attached hydrogens (tertiary/aromatic N) is 1. The zero-order chi connectivity index (χ0) is 20.3. The van der Waals surface area contributed by atoms with Crippen LogP contribution < -0.4 is 11.1 Å². The molecule has 2 amide bonds. The lowest BCUT2D eigenvalue weighted by atomic mass is 9.74. The van der Waals surface area contributed by atoms with Crippen LogP contribution in [-0.4, -0.2) is 47.6 Å². The lowest BCUT2D eigenvalue weighted by Crippen LogP contribution is -2.52. The van der Waals surface area contributed by atoms with Crippen LogP contribution in [0.1, 0.15) is 62.4 Å². The molecule has 1 aromatic carbocycles. The summed E-state index contributed by atoms with van der Waals surface area (Å²) in [6, 6.07) is 7.48. The molecule has 1 aromatic rings. The summed E-state index contributed by atoms with van der Waals surface area (Å²) in [6.07, 6.45) is 3.99. The summed E-state index contributed by atoms with van der Waals surface area (Å²) >= 11 is 0. The molecule has 3 rings (SSSR count). The number of nitrogens with one attached hydrogen (secondary N) is 1. The van der Waals surface area contributed by atoms with Crippen molar-refractivity contribution in [2.45, 2.75) is 70.7 Å². The van der Waals surface area contributed by atoms with Crippen molar-refractivity contribution in [3.63, 3.8) is 0 Å². The summed E-state index contributed by atoms with van der Waals surface area (Å²) in [5, 5.41) is 3.02. The third-order valence-corrected chi connectivity index (χ3v) is 5.95. The van der Waals surface area contributed by atoms with Crippen molar-refractivity contribution in [1.82, 2.24) is 10.2 Å². The molecule has 28 heavy (non-hydrogen) atoms. The number of amides is 2. The Bertz CT molecular complexity index is 691. The van der Waals surface area contributed by atoms with Gasteiger partial charge in [0.2, 0.25) is 5.91 Å². The Balaban J connectivity index is 1.55. The molecule has 1 aliphatic carbocycles. The number of hydrogen-bond acceptors (Lipinski definition) is 4. The fourth-order valence-electron chi connectivity index (χ4n) is 4.39. The van der Waals surface area contributed by atoms with Gasteiger partial charge in [-0.3, -0.25) is 9.59 Å². The van der Waals surface area contributed by atoms with E-state index >= 15 is 0 Å². The molecule has 6 heteroatoms. The van der Waals surface area contributed by atoms with Gasteiger partial charge in [-0.25, -0.2) is 0 Å². The minimum Gasteiger partial charge on any atom is -0.372 e. The van der Waals surface area contributed by atoms with E-state index in [1.54, 1.807) is 0 Å². The Morgan fingerprint density at radius 1 is 1.18 bits per heavy atom. The monoisotopic (exact) mass is 387 g/mol. The Hall–Kier alpha value is -1.92. The molecule has 1 heterocycles. The van der Waals surface area contributed by atoms with E-state index in [1.165, 1.54) is 0 Å². The van der Waals surface area contributed by atoms with Crippen LogP contribution >= 0.6 is 0 Å². The van der Waals surface area contributed by atoms with Crippen molar-refractivity contribution in [2.24, 2.45) is 11.7 Å². The average Bonchev–Trinajstić information content (AvgIpc) is 2.65. The van der Waals surface area contributed by atoms with Gasteiger partial charge in [0.25, 0.3) is 5.91 Å². The number of benzene rings is 1. The summed E-state index contributed by atoms with van der Waals surface area (Å²) in [6.45, 7) is 7.62. The quantitative estimate of drug-likeness (QED) is 0.831. The van der Waals surface area contributed by atoms with Gasteiger partial charge in [0.15, 0.2) is 0 Å². The zero-order valence-electron chi connectivity index (χ0n) is 17.2. The van der Waals surface area contributed by atoms with E-state index in [2.05, 4.69) is 5.32 Å². The first-order chi connectivity index (χ1) is 13.3. The lowest BCUT2D eigenvalue weighted by Gasteiger charge is -2.37. The van der Waals surface area contributed by atoms with E-state index < -0.39 is 5.54 Å². The van der Waals surface area contributed by atoms with Crippen LogP contribution in [0.15, 0.2) is 24.3 Å². The van der Waals surface area contributed by atoms with Gasteiger partial charge in [0, 0.05) is 30.7 Å². The molecule has 0 aromatic heterocycles. The van der Waals surface area contributed by atoms with Gasteiger partial charge < -0.3 is 20.7 Å². The predicted molar refractivity (Wildman–Crippen MR) is 109 cm³/mol. The SMILES string of the molecule is CC1CN(C(=O)c2ccc(CNC(=O)C3CCCCC3(C)N)cc2)CC(C)O1. The number of morpholine rings is 1. The van der Waals surface area contributed by atoms with Gasteiger partial charge >= 0.3 is 0 Å². The summed E-state index contributed by atoms with van der Waals surface area (Å²) in [5.41, 5.74) is 7.54. The smallest absolute Gasteiger partial charge is 0.254 e. The number of ether oxygens (including phenoxy) is 1. The maximum absolute atomic E-state index is 12.7. The van der Waals surface area contributed by atoms with Crippen molar-refractivity contribution in [3.05, 3.63) is 35.4 Å². The van der Waals surface area contributed by atoms with Gasteiger partial charge in [-0.05, 0) is 51.3 Å². The lowest BCUT2D eigenvalue weighted by molar-refractivity contribution is -0.128. The first kappa shape index (κ1) is 20.8. The van der Waals surface area contributed by atoms with Crippen LogP contribution in [0.5, 0.6) is 0 Å². The maximum atomic E-state index is 12.7. The van der Waals surface area contributed by atoms with E-state index in [-0.39, 0.29) is 29.9 Å². The summed E-state index contributed by atoms with van der Waals surface area (Å²) in [5.74, 6) is -0.0766. The third kappa shape index (κ3) is 4.92. The summed E-state index contributed by atoms with van der Waals surface area (Å²) in [7, 11) is 0. The van der Waals surface area contributed by atoms with Crippen molar-refractivity contribution in [2.75, 3.05) is 13.1 Å². The van der Waals surface area contributed by atoms with Gasteiger partial charge in [-0.1, -0.05) is 25.0 Å². The van der Waals surface area contributed by atoms with E-state index in [4.69, 9.17) is 10.5 Å². The van der Waals surface area contributed by atoms with E-state index in [0.717, 1.165) is 31.2 Å². The summed E-state index contributed by atoms with van der Waals surface area (Å²) < 4.78 is 5.70. The standard InChI is InChI=1S/C22H33N3O3/c1-15-13-25(14-16(2)28-15)21(27)18-9-7-17(8-10-18)12-24-20(26)19-6-4-5-11-22(19,3)23/h7-10,15-16,19H,4-6,11-14,23H2,1-3H3,(H,24,26). The van der Waals surface area contributed by atoms with E-state index in [1.807, 2.05) is 49.9 Å². The van der Waals surface area contributed by atoms with Crippen LogP contribution in [-0.2, 0) is 16.1 Å². The second-order valence-electron chi connectivity index (χ2n) is 8.69. The molecular weight excluding hydrogens is 354 g/mol.